The molecule has 13 heavy (non-hydrogen) atoms. The number of aryl methyl sites for hydroxylation is 1. The van der Waals surface area contributed by atoms with Crippen LogP contribution in [0.15, 0.2) is 30.3 Å². The fourth-order valence-corrected chi connectivity index (χ4v) is 0.896. The van der Waals surface area contributed by atoms with Crippen LogP contribution in [0.25, 0.3) is 0 Å². The van der Waals surface area contributed by atoms with E-state index in [1.54, 1.807) is 0 Å². The summed E-state index contributed by atoms with van der Waals surface area (Å²) in [5, 5.41) is 8.37. The summed E-state index contributed by atoms with van der Waals surface area (Å²) in [4.78, 5) is 10.2. The van der Waals surface area contributed by atoms with Crippen molar-refractivity contribution >= 4 is 5.97 Å². The molecule has 0 heterocycles. The molecule has 0 radical (unpaired) electrons. The van der Waals surface area contributed by atoms with E-state index in [0.717, 1.165) is 5.56 Å². The van der Waals surface area contributed by atoms with Gasteiger partial charge >= 0.3 is 5.97 Å². The Morgan fingerprint density at radius 2 is 1.85 bits per heavy atom. The van der Waals surface area contributed by atoms with Crippen molar-refractivity contribution in [1.29, 1.82) is 0 Å². The van der Waals surface area contributed by atoms with Crippen molar-refractivity contribution in [3.8, 4) is 0 Å². The molecule has 0 fully saturated rings. The lowest BCUT2D eigenvalue weighted by molar-refractivity contribution is -0.136. The van der Waals surface area contributed by atoms with E-state index in [2.05, 4.69) is 5.73 Å². The van der Waals surface area contributed by atoms with Gasteiger partial charge in [-0.2, -0.15) is 0 Å². The zero-order chi connectivity index (χ0) is 10.1. The van der Waals surface area contributed by atoms with Gasteiger partial charge in [-0.3, -0.25) is 4.79 Å². The molecule has 3 nitrogen and oxygen atoms in total. The van der Waals surface area contributed by atoms with E-state index in [1.165, 1.54) is 7.05 Å². The van der Waals surface area contributed by atoms with Gasteiger partial charge in [0.25, 0.3) is 0 Å². The average Bonchev–Trinajstić information content (AvgIpc) is 2.19. The van der Waals surface area contributed by atoms with Crippen LogP contribution in [0.5, 0.6) is 0 Å². The topological polar surface area (TPSA) is 63.3 Å². The second-order valence-corrected chi connectivity index (χ2v) is 2.38. The number of nitrogens with two attached hydrogens (primary N) is 1. The SMILES string of the molecule is CN.O=C(O)CCc1ccccc1. The highest BCUT2D eigenvalue weighted by Crippen LogP contribution is 2.01. The number of carbonyl (C=O) groups is 1. The maximum absolute atomic E-state index is 10.2. The van der Waals surface area contributed by atoms with Gasteiger partial charge in [0.1, 0.15) is 0 Å². The first-order valence-electron chi connectivity index (χ1n) is 4.12. The summed E-state index contributed by atoms with van der Waals surface area (Å²) < 4.78 is 0. The van der Waals surface area contributed by atoms with Gasteiger partial charge in [-0.1, -0.05) is 30.3 Å². The summed E-state index contributed by atoms with van der Waals surface area (Å²) in [7, 11) is 1.50. The van der Waals surface area contributed by atoms with E-state index in [9.17, 15) is 4.79 Å². The summed E-state index contributed by atoms with van der Waals surface area (Å²) in [5.41, 5.74) is 5.58. The van der Waals surface area contributed by atoms with Crippen molar-refractivity contribution in [1.82, 2.24) is 0 Å². The van der Waals surface area contributed by atoms with Crippen LogP contribution >= 0.6 is 0 Å². The Balaban J connectivity index is 0.000000671. The maximum Gasteiger partial charge on any atom is 0.303 e. The summed E-state index contributed by atoms with van der Waals surface area (Å²) in [6.07, 6.45) is 0.834. The van der Waals surface area contributed by atoms with Crippen LogP contribution in [-0.2, 0) is 11.2 Å². The van der Waals surface area contributed by atoms with Crippen LogP contribution in [0.2, 0.25) is 0 Å². The lowest BCUT2D eigenvalue weighted by Crippen LogP contribution is -1.96. The van der Waals surface area contributed by atoms with Gasteiger partial charge in [0, 0.05) is 6.42 Å². The Hall–Kier alpha value is -1.35. The number of aliphatic carboxylic acids is 1. The lowest BCUT2D eigenvalue weighted by Gasteiger charge is -1.95. The quantitative estimate of drug-likeness (QED) is 0.738. The summed E-state index contributed by atoms with van der Waals surface area (Å²) in [6, 6.07) is 9.62. The number of carboxylic acid groups (broad SMARTS) is 1. The third-order valence-electron chi connectivity index (χ3n) is 1.47. The minimum absolute atomic E-state index is 0.212. The van der Waals surface area contributed by atoms with E-state index < -0.39 is 5.97 Å². The molecule has 72 valence electrons. The largest absolute Gasteiger partial charge is 0.481 e. The van der Waals surface area contributed by atoms with Crippen molar-refractivity contribution in [2.24, 2.45) is 5.73 Å². The van der Waals surface area contributed by atoms with Gasteiger partial charge in [-0.15, -0.1) is 0 Å². The summed E-state index contributed by atoms with van der Waals surface area (Å²) in [5.74, 6) is -0.742. The molecule has 3 N–H and O–H groups in total. The highest BCUT2D eigenvalue weighted by Gasteiger charge is 1.96. The minimum atomic E-state index is -0.742. The molecule has 3 heteroatoms. The minimum Gasteiger partial charge on any atom is -0.481 e. The van der Waals surface area contributed by atoms with E-state index in [4.69, 9.17) is 5.11 Å². The fourth-order valence-electron chi connectivity index (χ4n) is 0.896. The number of hydrogen-bond donors (Lipinski definition) is 2. The van der Waals surface area contributed by atoms with Gasteiger partial charge in [0.2, 0.25) is 0 Å². The van der Waals surface area contributed by atoms with Crippen LogP contribution in [-0.4, -0.2) is 18.1 Å². The normalized spacial score (nSPS) is 8.46. The number of carboxylic acids is 1. The molecule has 0 saturated heterocycles. The first-order valence-corrected chi connectivity index (χ1v) is 4.12. The van der Waals surface area contributed by atoms with Crippen LogP contribution in [0, 0.1) is 0 Å². The van der Waals surface area contributed by atoms with Crippen LogP contribution in [0.4, 0.5) is 0 Å². The van der Waals surface area contributed by atoms with Gasteiger partial charge in [0.15, 0.2) is 0 Å². The molecule has 1 aromatic rings. The van der Waals surface area contributed by atoms with Gasteiger partial charge in [0.05, 0.1) is 0 Å². The van der Waals surface area contributed by atoms with Crippen molar-refractivity contribution in [3.63, 3.8) is 0 Å². The van der Waals surface area contributed by atoms with E-state index in [0.29, 0.717) is 6.42 Å². The summed E-state index contributed by atoms with van der Waals surface area (Å²) in [6.45, 7) is 0. The average molecular weight is 181 g/mol. The highest BCUT2D eigenvalue weighted by molar-refractivity contribution is 5.67. The lowest BCUT2D eigenvalue weighted by atomic mass is 10.1. The monoisotopic (exact) mass is 181 g/mol. The Labute approximate surface area is 78.2 Å². The van der Waals surface area contributed by atoms with E-state index in [-0.39, 0.29) is 6.42 Å². The second-order valence-electron chi connectivity index (χ2n) is 2.38. The van der Waals surface area contributed by atoms with Crippen LogP contribution in [0.1, 0.15) is 12.0 Å². The highest BCUT2D eigenvalue weighted by atomic mass is 16.4. The molecule has 1 rings (SSSR count). The van der Waals surface area contributed by atoms with Gasteiger partial charge < -0.3 is 10.8 Å². The molecule has 0 aliphatic carbocycles. The molecule has 0 bridgehead atoms. The molecular weight excluding hydrogens is 166 g/mol. The number of rotatable bonds is 3. The predicted octanol–water partition coefficient (Wildman–Crippen LogP) is 1.28. The smallest absolute Gasteiger partial charge is 0.303 e. The molecule has 0 aliphatic rings. The van der Waals surface area contributed by atoms with Crippen molar-refractivity contribution in [3.05, 3.63) is 35.9 Å². The van der Waals surface area contributed by atoms with Gasteiger partial charge in [-0.05, 0) is 19.0 Å². The molecule has 1 aromatic carbocycles. The molecular formula is C10H15NO2. The zero-order valence-electron chi connectivity index (χ0n) is 7.73. The van der Waals surface area contributed by atoms with Crippen LogP contribution < -0.4 is 5.73 Å². The molecule has 0 spiro atoms. The van der Waals surface area contributed by atoms with Crippen LogP contribution in [0.3, 0.4) is 0 Å². The maximum atomic E-state index is 10.2. The Bertz CT molecular complexity index is 234. The second kappa shape index (κ2) is 7.31. The molecule has 0 saturated carbocycles. The van der Waals surface area contributed by atoms with E-state index in [1.807, 2.05) is 30.3 Å². The Kier molecular flexibility index (Phi) is 6.55. The zero-order valence-corrected chi connectivity index (χ0v) is 7.73. The Morgan fingerprint density at radius 3 is 2.31 bits per heavy atom. The van der Waals surface area contributed by atoms with Crippen molar-refractivity contribution < 1.29 is 9.90 Å². The first kappa shape index (κ1) is 11.6. The number of benzene rings is 1. The first-order chi connectivity index (χ1) is 6.29. The molecule has 0 aromatic heterocycles. The molecule has 0 unspecified atom stereocenters. The standard InChI is InChI=1S/C9H10O2.CH5N/c10-9(11)7-6-8-4-2-1-3-5-8;1-2/h1-5H,6-7H2,(H,10,11);2H2,1H3. The van der Waals surface area contributed by atoms with Crippen molar-refractivity contribution in [2.45, 2.75) is 12.8 Å². The van der Waals surface area contributed by atoms with Crippen molar-refractivity contribution in [2.75, 3.05) is 7.05 Å². The number of hydrogen-bond acceptors (Lipinski definition) is 2. The predicted molar refractivity (Wildman–Crippen MR) is 52.5 cm³/mol. The third kappa shape index (κ3) is 5.87. The fraction of sp³-hybridized carbons (Fsp3) is 0.300. The molecule has 0 amide bonds. The van der Waals surface area contributed by atoms with E-state index >= 15 is 0 Å². The molecule has 0 aliphatic heterocycles. The molecule has 0 atom stereocenters. The Morgan fingerprint density at radius 1 is 1.31 bits per heavy atom. The third-order valence-corrected chi connectivity index (χ3v) is 1.47. The van der Waals surface area contributed by atoms with Gasteiger partial charge in [-0.25, -0.2) is 0 Å². The summed E-state index contributed by atoms with van der Waals surface area (Å²) >= 11 is 0.